The lowest BCUT2D eigenvalue weighted by molar-refractivity contribution is 0.266. The molecule has 2 aromatic carbocycles. The number of ether oxygens (including phenoxy) is 1. The summed E-state index contributed by atoms with van der Waals surface area (Å²) in [6.07, 6.45) is 1.02. The van der Waals surface area contributed by atoms with E-state index >= 15 is 0 Å². The summed E-state index contributed by atoms with van der Waals surface area (Å²) in [5, 5.41) is 3.41. The summed E-state index contributed by atoms with van der Waals surface area (Å²) in [5.74, 6) is 0.656. The van der Waals surface area contributed by atoms with Gasteiger partial charge in [0.15, 0.2) is 0 Å². The number of rotatable bonds is 7. The van der Waals surface area contributed by atoms with Crippen LogP contribution in [0.15, 0.2) is 48.5 Å². The van der Waals surface area contributed by atoms with Gasteiger partial charge in [-0.15, -0.1) is 0 Å². The van der Waals surface area contributed by atoms with Crippen molar-refractivity contribution in [3.8, 4) is 5.75 Å². The molecule has 1 N–H and O–H groups in total. The van der Waals surface area contributed by atoms with Crippen LogP contribution >= 0.6 is 0 Å². The fourth-order valence-electron chi connectivity index (χ4n) is 2.11. The van der Waals surface area contributed by atoms with Crippen molar-refractivity contribution in [1.82, 2.24) is 5.32 Å². The Bertz CT molecular complexity index is 556. The van der Waals surface area contributed by atoms with Crippen LogP contribution in [0.5, 0.6) is 5.75 Å². The topological polar surface area (TPSA) is 21.3 Å². The maximum Gasteiger partial charge on any atom is 0.126 e. The maximum atomic E-state index is 13.8. The SMILES string of the molecule is CCCNC(COc1ccccc1)c1ccc(C)c(F)c1. The second-order valence-corrected chi connectivity index (χ2v) is 5.14. The van der Waals surface area contributed by atoms with Gasteiger partial charge < -0.3 is 10.1 Å². The predicted octanol–water partition coefficient (Wildman–Crippen LogP) is 4.25. The molecule has 0 spiro atoms. The Balaban J connectivity index is 2.08. The molecule has 2 aromatic rings. The van der Waals surface area contributed by atoms with Gasteiger partial charge in [-0.3, -0.25) is 0 Å². The van der Waals surface area contributed by atoms with Gasteiger partial charge in [0, 0.05) is 0 Å². The van der Waals surface area contributed by atoms with Crippen LogP contribution in [-0.2, 0) is 0 Å². The van der Waals surface area contributed by atoms with Gasteiger partial charge in [-0.1, -0.05) is 37.3 Å². The van der Waals surface area contributed by atoms with Crippen molar-refractivity contribution in [2.75, 3.05) is 13.2 Å². The molecule has 0 heterocycles. The first-order valence-electron chi connectivity index (χ1n) is 7.38. The molecule has 2 rings (SSSR count). The van der Waals surface area contributed by atoms with Crippen LogP contribution in [0.2, 0.25) is 0 Å². The molecule has 0 aromatic heterocycles. The quantitative estimate of drug-likeness (QED) is 0.822. The molecule has 1 unspecified atom stereocenters. The summed E-state index contributed by atoms with van der Waals surface area (Å²) in [6.45, 7) is 5.23. The van der Waals surface area contributed by atoms with E-state index in [1.54, 1.807) is 13.0 Å². The van der Waals surface area contributed by atoms with Crippen molar-refractivity contribution >= 4 is 0 Å². The van der Waals surface area contributed by atoms with E-state index in [1.807, 2.05) is 42.5 Å². The normalized spacial score (nSPS) is 12.1. The van der Waals surface area contributed by atoms with Crippen LogP contribution in [0.3, 0.4) is 0 Å². The van der Waals surface area contributed by atoms with E-state index in [2.05, 4.69) is 12.2 Å². The fourth-order valence-corrected chi connectivity index (χ4v) is 2.11. The first-order valence-corrected chi connectivity index (χ1v) is 7.38. The van der Waals surface area contributed by atoms with Gasteiger partial charge in [0.05, 0.1) is 6.04 Å². The van der Waals surface area contributed by atoms with E-state index in [4.69, 9.17) is 4.74 Å². The number of benzene rings is 2. The predicted molar refractivity (Wildman–Crippen MR) is 84.1 cm³/mol. The Morgan fingerprint density at radius 1 is 1.14 bits per heavy atom. The van der Waals surface area contributed by atoms with Gasteiger partial charge in [-0.05, 0) is 49.2 Å². The van der Waals surface area contributed by atoms with Crippen molar-refractivity contribution in [1.29, 1.82) is 0 Å². The Labute approximate surface area is 126 Å². The lowest BCUT2D eigenvalue weighted by Gasteiger charge is -2.20. The van der Waals surface area contributed by atoms with Crippen LogP contribution in [0, 0.1) is 12.7 Å². The van der Waals surface area contributed by atoms with Crippen molar-refractivity contribution in [3.05, 3.63) is 65.5 Å². The summed E-state index contributed by atoms with van der Waals surface area (Å²) in [6, 6.07) is 15.0. The number of nitrogens with one attached hydrogen (secondary N) is 1. The Kier molecular flexibility index (Phi) is 5.76. The minimum atomic E-state index is -0.171. The zero-order valence-corrected chi connectivity index (χ0v) is 12.6. The van der Waals surface area contributed by atoms with E-state index in [0.29, 0.717) is 12.2 Å². The lowest BCUT2D eigenvalue weighted by atomic mass is 10.0. The molecule has 1 atom stereocenters. The molecule has 21 heavy (non-hydrogen) atoms. The smallest absolute Gasteiger partial charge is 0.126 e. The third-order valence-electron chi connectivity index (χ3n) is 3.40. The van der Waals surface area contributed by atoms with E-state index in [-0.39, 0.29) is 11.9 Å². The summed E-state index contributed by atoms with van der Waals surface area (Å²) in [4.78, 5) is 0. The highest BCUT2D eigenvalue weighted by molar-refractivity contribution is 5.26. The van der Waals surface area contributed by atoms with Gasteiger partial charge in [-0.2, -0.15) is 0 Å². The standard InChI is InChI=1S/C18H22FNO/c1-3-11-20-18(13-21-16-7-5-4-6-8-16)15-10-9-14(2)17(19)12-15/h4-10,12,18,20H,3,11,13H2,1-2H3. The van der Waals surface area contributed by atoms with Crippen LogP contribution in [0.4, 0.5) is 4.39 Å². The third-order valence-corrected chi connectivity index (χ3v) is 3.40. The molecule has 0 fully saturated rings. The van der Waals surface area contributed by atoms with Gasteiger partial charge in [0.1, 0.15) is 18.2 Å². The van der Waals surface area contributed by atoms with Crippen LogP contribution in [-0.4, -0.2) is 13.2 Å². The van der Waals surface area contributed by atoms with Crippen LogP contribution < -0.4 is 10.1 Å². The first kappa shape index (κ1) is 15.5. The van der Waals surface area contributed by atoms with Gasteiger partial charge in [-0.25, -0.2) is 4.39 Å². The van der Waals surface area contributed by atoms with E-state index < -0.39 is 0 Å². The second kappa shape index (κ2) is 7.79. The fraction of sp³-hybridized carbons (Fsp3) is 0.333. The van der Waals surface area contributed by atoms with E-state index in [0.717, 1.165) is 24.3 Å². The summed E-state index contributed by atoms with van der Waals surface area (Å²) in [5.41, 5.74) is 1.58. The molecule has 0 saturated carbocycles. The maximum absolute atomic E-state index is 13.8. The van der Waals surface area contributed by atoms with Gasteiger partial charge in [0.25, 0.3) is 0 Å². The number of hydrogen-bond donors (Lipinski definition) is 1. The van der Waals surface area contributed by atoms with Crippen molar-refractivity contribution in [3.63, 3.8) is 0 Å². The number of halogens is 1. The average molecular weight is 287 g/mol. The summed E-state index contributed by atoms with van der Waals surface area (Å²) in [7, 11) is 0. The third kappa shape index (κ3) is 4.57. The number of aryl methyl sites for hydroxylation is 1. The highest BCUT2D eigenvalue weighted by Crippen LogP contribution is 2.19. The first-order chi connectivity index (χ1) is 10.2. The molecule has 3 heteroatoms. The molecule has 0 amide bonds. The van der Waals surface area contributed by atoms with E-state index in [9.17, 15) is 4.39 Å². The molecule has 2 nitrogen and oxygen atoms in total. The molecule has 112 valence electrons. The molecule has 0 saturated heterocycles. The van der Waals surface area contributed by atoms with E-state index in [1.165, 1.54) is 0 Å². The Morgan fingerprint density at radius 2 is 1.90 bits per heavy atom. The molecule has 0 aliphatic rings. The minimum Gasteiger partial charge on any atom is -0.492 e. The van der Waals surface area contributed by atoms with Gasteiger partial charge >= 0.3 is 0 Å². The Hall–Kier alpha value is -1.87. The van der Waals surface area contributed by atoms with Crippen molar-refractivity contribution in [2.24, 2.45) is 0 Å². The highest BCUT2D eigenvalue weighted by Gasteiger charge is 2.13. The Morgan fingerprint density at radius 3 is 2.57 bits per heavy atom. The van der Waals surface area contributed by atoms with Crippen LogP contribution in [0.1, 0.15) is 30.5 Å². The second-order valence-electron chi connectivity index (χ2n) is 5.14. The lowest BCUT2D eigenvalue weighted by Crippen LogP contribution is -2.27. The summed E-state index contributed by atoms with van der Waals surface area (Å²) >= 11 is 0. The molecule has 0 aliphatic heterocycles. The number of hydrogen-bond acceptors (Lipinski definition) is 2. The molecule has 0 radical (unpaired) electrons. The number of para-hydroxylation sites is 1. The average Bonchev–Trinajstić information content (AvgIpc) is 2.51. The molecule has 0 bridgehead atoms. The van der Waals surface area contributed by atoms with Crippen molar-refractivity contribution < 1.29 is 9.13 Å². The zero-order valence-electron chi connectivity index (χ0n) is 12.6. The van der Waals surface area contributed by atoms with Gasteiger partial charge in [0.2, 0.25) is 0 Å². The zero-order chi connectivity index (χ0) is 15.1. The molecular weight excluding hydrogens is 265 g/mol. The molecule has 0 aliphatic carbocycles. The van der Waals surface area contributed by atoms with Crippen LogP contribution in [0.25, 0.3) is 0 Å². The van der Waals surface area contributed by atoms with Crippen molar-refractivity contribution in [2.45, 2.75) is 26.3 Å². The monoisotopic (exact) mass is 287 g/mol. The minimum absolute atomic E-state index is 0.0137. The highest BCUT2D eigenvalue weighted by atomic mass is 19.1. The molecular formula is C18H22FNO. The summed E-state index contributed by atoms with van der Waals surface area (Å²) < 4.78 is 19.6. The largest absolute Gasteiger partial charge is 0.492 e.